The zero-order valence-electron chi connectivity index (χ0n) is 9.76. The molecule has 1 aliphatic rings. The summed E-state index contributed by atoms with van der Waals surface area (Å²) >= 11 is 0. The van der Waals surface area contributed by atoms with Gasteiger partial charge in [-0.25, -0.2) is 0 Å². The van der Waals surface area contributed by atoms with Gasteiger partial charge in [-0.2, -0.15) is 0 Å². The number of rotatable bonds is 3. The normalized spacial score (nSPS) is 13.9. The molecule has 0 amide bonds. The van der Waals surface area contributed by atoms with Crippen molar-refractivity contribution < 1.29 is 4.74 Å². The van der Waals surface area contributed by atoms with Crippen molar-refractivity contribution in [3.8, 4) is 5.75 Å². The van der Waals surface area contributed by atoms with Gasteiger partial charge in [0.25, 0.3) is 0 Å². The predicted molar refractivity (Wildman–Crippen MR) is 64.2 cm³/mol. The Morgan fingerprint density at radius 2 is 2.07 bits per heavy atom. The maximum Gasteiger partial charge on any atom is 0.119 e. The monoisotopic (exact) mass is 202 g/mol. The topological polar surface area (TPSA) is 9.23 Å². The molecule has 1 aliphatic carbocycles. The molecule has 1 aromatic carbocycles. The number of allylic oxidation sites excluding steroid dienone is 2. The highest BCUT2D eigenvalue weighted by Crippen LogP contribution is 2.38. The molecule has 1 nitrogen and oxygen atoms in total. The predicted octanol–water partition coefficient (Wildman–Crippen LogP) is 3.82. The summed E-state index contributed by atoms with van der Waals surface area (Å²) in [7, 11) is 1.73. The number of hydrogen-bond donors (Lipinski definition) is 0. The van der Waals surface area contributed by atoms with Gasteiger partial charge in [0.15, 0.2) is 0 Å². The first-order valence-electron chi connectivity index (χ1n) is 5.62. The zero-order chi connectivity index (χ0) is 10.8. The van der Waals surface area contributed by atoms with Gasteiger partial charge < -0.3 is 4.74 Å². The van der Waals surface area contributed by atoms with Gasteiger partial charge in [0.1, 0.15) is 5.75 Å². The summed E-state index contributed by atoms with van der Waals surface area (Å²) in [6, 6.07) is 6.40. The molecular weight excluding hydrogens is 184 g/mol. The molecule has 1 heteroatoms. The van der Waals surface area contributed by atoms with Crippen molar-refractivity contribution in [2.45, 2.75) is 33.1 Å². The van der Waals surface area contributed by atoms with E-state index in [-0.39, 0.29) is 0 Å². The second kappa shape index (κ2) is 4.09. The van der Waals surface area contributed by atoms with E-state index in [4.69, 9.17) is 4.74 Å². The fourth-order valence-corrected chi connectivity index (χ4v) is 1.97. The third-order valence-electron chi connectivity index (χ3n) is 3.13. The Bertz CT molecular complexity index is 396. The Morgan fingerprint density at radius 3 is 2.60 bits per heavy atom. The zero-order valence-corrected chi connectivity index (χ0v) is 9.76. The van der Waals surface area contributed by atoms with Crippen molar-refractivity contribution in [3.63, 3.8) is 0 Å². The Morgan fingerprint density at radius 1 is 1.33 bits per heavy atom. The number of benzene rings is 1. The lowest BCUT2D eigenvalue weighted by molar-refractivity contribution is 0.414. The van der Waals surface area contributed by atoms with Crippen LogP contribution in [0.3, 0.4) is 0 Å². The highest BCUT2D eigenvalue weighted by molar-refractivity contribution is 5.73. The average Bonchev–Trinajstić information content (AvgIpc) is 3.11. The fraction of sp³-hybridized carbons (Fsp3) is 0.429. The molecule has 1 saturated carbocycles. The molecule has 1 fully saturated rings. The molecule has 1 aromatic rings. The molecule has 0 atom stereocenters. The van der Waals surface area contributed by atoms with Crippen molar-refractivity contribution in [3.05, 3.63) is 34.9 Å². The number of aryl methyl sites for hydroxylation is 1. The first-order chi connectivity index (χ1) is 7.26. The van der Waals surface area contributed by atoms with Crippen LogP contribution in [0.5, 0.6) is 5.75 Å². The molecule has 0 aromatic heterocycles. The Kier molecular flexibility index (Phi) is 2.81. The third kappa shape index (κ3) is 2.06. The van der Waals surface area contributed by atoms with E-state index in [0.717, 1.165) is 12.2 Å². The molecule has 0 heterocycles. The van der Waals surface area contributed by atoms with E-state index < -0.39 is 0 Å². The molecule has 2 rings (SSSR count). The smallest absolute Gasteiger partial charge is 0.119 e. The largest absolute Gasteiger partial charge is 0.497 e. The minimum Gasteiger partial charge on any atom is -0.497 e. The molecular formula is C14H18O. The van der Waals surface area contributed by atoms with Gasteiger partial charge in [0.05, 0.1) is 7.11 Å². The van der Waals surface area contributed by atoms with E-state index in [1.165, 1.54) is 29.5 Å². The Hall–Kier alpha value is -1.24. The molecule has 0 spiro atoms. The minimum atomic E-state index is 0.961. The third-order valence-corrected chi connectivity index (χ3v) is 3.13. The van der Waals surface area contributed by atoms with Gasteiger partial charge in [-0.05, 0) is 55.0 Å². The van der Waals surface area contributed by atoms with Crippen molar-refractivity contribution in [1.82, 2.24) is 0 Å². The second-order valence-corrected chi connectivity index (χ2v) is 4.11. The van der Waals surface area contributed by atoms with Crippen LogP contribution in [0.1, 0.15) is 37.8 Å². The van der Waals surface area contributed by atoms with E-state index in [9.17, 15) is 0 Å². The molecule has 0 bridgehead atoms. The van der Waals surface area contributed by atoms with Crippen LogP contribution in [-0.4, -0.2) is 7.11 Å². The lowest BCUT2D eigenvalue weighted by Crippen LogP contribution is -1.92. The van der Waals surface area contributed by atoms with E-state index >= 15 is 0 Å². The fourth-order valence-electron chi connectivity index (χ4n) is 1.97. The summed E-state index contributed by atoms with van der Waals surface area (Å²) in [6.45, 7) is 4.44. The van der Waals surface area contributed by atoms with Gasteiger partial charge in [0.2, 0.25) is 0 Å². The maximum absolute atomic E-state index is 5.28. The standard InChI is InChI=1S/C14H18O/c1-4-11-7-8-13(15-3)9-14(11)10(2)12-5-6-12/h7-9H,4-6H2,1-3H3. The van der Waals surface area contributed by atoms with Gasteiger partial charge in [0, 0.05) is 0 Å². The Labute approximate surface area is 91.8 Å². The minimum absolute atomic E-state index is 0.961. The van der Waals surface area contributed by atoms with Crippen LogP contribution >= 0.6 is 0 Å². The van der Waals surface area contributed by atoms with Crippen LogP contribution in [0.2, 0.25) is 0 Å². The van der Waals surface area contributed by atoms with Crippen LogP contribution in [0, 0.1) is 0 Å². The second-order valence-electron chi connectivity index (χ2n) is 4.11. The van der Waals surface area contributed by atoms with Crippen LogP contribution in [0.15, 0.2) is 23.8 Å². The van der Waals surface area contributed by atoms with Crippen molar-refractivity contribution in [2.24, 2.45) is 0 Å². The van der Waals surface area contributed by atoms with E-state index in [1.54, 1.807) is 12.7 Å². The van der Waals surface area contributed by atoms with Gasteiger partial charge in [-0.15, -0.1) is 0 Å². The summed E-state index contributed by atoms with van der Waals surface area (Å²) in [5.41, 5.74) is 5.88. The summed E-state index contributed by atoms with van der Waals surface area (Å²) < 4.78 is 5.28. The van der Waals surface area contributed by atoms with Gasteiger partial charge in [-0.3, -0.25) is 0 Å². The van der Waals surface area contributed by atoms with Crippen LogP contribution in [0.4, 0.5) is 0 Å². The molecule has 0 unspecified atom stereocenters. The summed E-state index contributed by atoms with van der Waals surface area (Å²) in [5.74, 6) is 0.961. The highest BCUT2D eigenvalue weighted by atomic mass is 16.5. The SMILES string of the molecule is CCc1ccc(OC)cc1C(C)=C1CC1. The summed E-state index contributed by atoms with van der Waals surface area (Å²) in [5, 5.41) is 0. The first kappa shape index (κ1) is 10.3. The number of hydrogen-bond acceptors (Lipinski definition) is 1. The van der Waals surface area contributed by atoms with Crippen molar-refractivity contribution in [1.29, 1.82) is 0 Å². The Balaban J connectivity index is 2.46. The number of ether oxygens (including phenoxy) is 1. The van der Waals surface area contributed by atoms with E-state index in [2.05, 4.69) is 26.0 Å². The van der Waals surface area contributed by atoms with Crippen LogP contribution in [-0.2, 0) is 6.42 Å². The lowest BCUT2D eigenvalue weighted by Gasteiger charge is -2.10. The van der Waals surface area contributed by atoms with Crippen molar-refractivity contribution >= 4 is 5.57 Å². The lowest BCUT2D eigenvalue weighted by atomic mass is 9.98. The highest BCUT2D eigenvalue weighted by Gasteiger charge is 2.17. The quantitative estimate of drug-likeness (QED) is 0.724. The average molecular weight is 202 g/mol. The molecule has 0 aliphatic heterocycles. The molecule has 15 heavy (non-hydrogen) atoms. The summed E-state index contributed by atoms with van der Waals surface area (Å²) in [4.78, 5) is 0. The van der Waals surface area contributed by atoms with Gasteiger partial charge >= 0.3 is 0 Å². The molecule has 0 N–H and O–H groups in total. The maximum atomic E-state index is 5.28. The summed E-state index contributed by atoms with van der Waals surface area (Å²) in [6.07, 6.45) is 3.66. The first-order valence-corrected chi connectivity index (χ1v) is 5.62. The van der Waals surface area contributed by atoms with Crippen LogP contribution in [0.25, 0.3) is 5.57 Å². The molecule has 80 valence electrons. The van der Waals surface area contributed by atoms with Crippen LogP contribution < -0.4 is 4.74 Å². The number of methoxy groups -OCH3 is 1. The van der Waals surface area contributed by atoms with Gasteiger partial charge in [-0.1, -0.05) is 18.6 Å². The van der Waals surface area contributed by atoms with E-state index in [1.807, 2.05) is 6.07 Å². The molecule has 0 saturated heterocycles. The van der Waals surface area contributed by atoms with Crippen molar-refractivity contribution in [2.75, 3.05) is 7.11 Å². The van der Waals surface area contributed by atoms with E-state index in [0.29, 0.717) is 0 Å². The molecule has 0 radical (unpaired) electrons.